The fourth-order valence-corrected chi connectivity index (χ4v) is 4.46. The van der Waals surface area contributed by atoms with E-state index in [9.17, 15) is 24.9 Å². The summed E-state index contributed by atoms with van der Waals surface area (Å²) in [6.07, 6.45) is -1.48. The highest BCUT2D eigenvalue weighted by atomic mass is 16.4. The molecule has 0 aromatic carbocycles. The predicted molar refractivity (Wildman–Crippen MR) is 93.2 cm³/mol. The van der Waals surface area contributed by atoms with E-state index in [1.165, 1.54) is 4.90 Å². The van der Waals surface area contributed by atoms with Gasteiger partial charge in [0.1, 0.15) is 5.70 Å². The van der Waals surface area contributed by atoms with Crippen LogP contribution in [0.15, 0.2) is 16.3 Å². The molecule has 0 saturated carbocycles. The van der Waals surface area contributed by atoms with E-state index in [1.807, 2.05) is 11.8 Å². The average Bonchev–Trinajstić information content (AvgIpc) is 2.96. The average molecular weight is 366 g/mol. The normalized spacial score (nSPS) is 36.3. The molecule has 26 heavy (non-hydrogen) atoms. The van der Waals surface area contributed by atoms with Crippen LogP contribution in [0.3, 0.4) is 0 Å². The zero-order valence-corrected chi connectivity index (χ0v) is 15.2. The van der Waals surface area contributed by atoms with Gasteiger partial charge in [0.25, 0.3) is 0 Å². The van der Waals surface area contributed by atoms with Crippen LogP contribution >= 0.6 is 0 Å². The van der Waals surface area contributed by atoms with Gasteiger partial charge in [0.15, 0.2) is 0 Å². The number of aliphatic hydroxyl groups excluding tert-OH is 2. The summed E-state index contributed by atoms with van der Waals surface area (Å²) in [6, 6.07) is -0.661. The van der Waals surface area contributed by atoms with E-state index in [4.69, 9.17) is 5.73 Å². The molecule has 2 fully saturated rings. The molecule has 0 aliphatic carbocycles. The molecule has 0 aromatic rings. The minimum atomic E-state index is -1.14. The van der Waals surface area contributed by atoms with Gasteiger partial charge in [-0.05, 0) is 19.4 Å². The van der Waals surface area contributed by atoms with Crippen molar-refractivity contribution in [1.29, 1.82) is 0 Å². The van der Waals surface area contributed by atoms with Gasteiger partial charge in [-0.1, -0.05) is 6.92 Å². The Balaban J connectivity index is 1.82. The number of amides is 1. The molecule has 2 saturated heterocycles. The molecule has 6 atom stereocenters. The number of likely N-dealkylation sites (tertiary alicyclic amines) is 1. The molecule has 9 heteroatoms. The molecule has 5 N–H and O–H groups in total. The SMILES string of the molecule is CC(N)=N[C@@H]1CN(CC2=C(C(=O)O)N3C(=O)C([C@@H](C)O)[C@H]3[C@H]2C)C[C@H]1O. The minimum Gasteiger partial charge on any atom is -0.477 e. The van der Waals surface area contributed by atoms with Crippen LogP contribution < -0.4 is 5.73 Å². The number of carboxylic acid groups (broad SMARTS) is 1. The Labute approximate surface area is 151 Å². The van der Waals surface area contributed by atoms with Crippen LogP contribution in [0.2, 0.25) is 0 Å². The van der Waals surface area contributed by atoms with Crippen molar-refractivity contribution in [1.82, 2.24) is 9.80 Å². The molecule has 3 heterocycles. The topological polar surface area (TPSA) is 140 Å². The number of carbonyl (C=O) groups excluding carboxylic acids is 1. The number of nitrogens with zero attached hydrogens (tertiary/aromatic N) is 3. The standard InChI is InChI=1S/C17H26N4O5/c1-7-10(4-20-5-11(12(23)6-20)19-9(3)18)15(17(25)26)21-14(7)13(8(2)22)16(21)24/h7-8,11-14,22-23H,4-6H2,1-3H3,(H2,18,19)(H,25,26)/t7-,8+,11+,12+,13?,14+/m0/s1. The van der Waals surface area contributed by atoms with E-state index >= 15 is 0 Å². The quantitative estimate of drug-likeness (QED) is 0.267. The van der Waals surface area contributed by atoms with Gasteiger partial charge in [-0.25, -0.2) is 4.79 Å². The van der Waals surface area contributed by atoms with E-state index in [-0.39, 0.29) is 29.6 Å². The third-order valence-electron chi connectivity index (χ3n) is 5.62. The summed E-state index contributed by atoms with van der Waals surface area (Å²) >= 11 is 0. The second kappa shape index (κ2) is 6.64. The number of aliphatic imine (C=N–C) groups is 1. The number of hydrogen-bond donors (Lipinski definition) is 4. The van der Waals surface area contributed by atoms with E-state index in [0.717, 1.165) is 0 Å². The second-order valence-electron chi connectivity index (χ2n) is 7.53. The summed E-state index contributed by atoms with van der Waals surface area (Å²) in [7, 11) is 0. The summed E-state index contributed by atoms with van der Waals surface area (Å²) in [5.74, 6) is -1.83. The smallest absolute Gasteiger partial charge is 0.352 e. The van der Waals surface area contributed by atoms with Gasteiger partial charge < -0.3 is 26.0 Å². The van der Waals surface area contributed by atoms with Crippen molar-refractivity contribution in [3.05, 3.63) is 11.3 Å². The summed E-state index contributed by atoms with van der Waals surface area (Å²) in [5.41, 5.74) is 6.26. The second-order valence-corrected chi connectivity index (χ2v) is 7.53. The summed E-state index contributed by atoms with van der Waals surface area (Å²) in [4.78, 5) is 31.6. The Bertz CT molecular complexity index is 685. The van der Waals surface area contributed by atoms with E-state index in [0.29, 0.717) is 31.0 Å². The Kier molecular flexibility index (Phi) is 4.80. The van der Waals surface area contributed by atoms with E-state index in [2.05, 4.69) is 4.99 Å². The fraction of sp³-hybridized carbons (Fsp3) is 0.706. The highest BCUT2D eigenvalue weighted by Crippen LogP contribution is 2.47. The number of hydrogen-bond acceptors (Lipinski definition) is 6. The number of aliphatic carboxylic acids is 1. The first kappa shape index (κ1) is 18.8. The first-order valence-corrected chi connectivity index (χ1v) is 8.81. The fourth-order valence-electron chi connectivity index (χ4n) is 4.46. The lowest BCUT2D eigenvalue weighted by molar-refractivity contribution is -0.163. The van der Waals surface area contributed by atoms with Gasteiger partial charge in [0.05, 0.1) is 36.0 Å². The zero-order valence-electron chi connectivity index (χ0n) is 15.2. The number of β-amino-alcohol motifs (C(OH)–C–C–N with tert-alkyl or cyclic N) is 1. The molecular formula is C17H26N4O5. The maximum atomic E-state index is 12.3. The van der Waals surface area contributed by atoms with Gasteiger partial charge in [0, 0.05) is 25.6 Å². The number of aliphatic hydroxyl groups is 2. The lowest BCUT2D eigenvalue weighted by Gasteiger charge is -2.46. The lowest BCUT2D eigenvalue weighted by Crippen LogP contribution is -2.63. The molecule has 0 spiro atoms. The van der Waals surface area contributed by atoms with Crippen LogP contribution in [0.5, 0.6) is 0 Å². The first-order valence-electron chi connectivity index (χ1n) is 8.81. The molecule has 9 nitrogen and oxygen atoms in total. The number of rotatable bonds is 5. The van der Waals surface area contributed by atoms with Crippen molar-refractivity contribution in [3.63, 3.8) is 0 Å². The molecule has 1 unspecified atom stereocenters. The molecular weight excluding hydrogens is 340 g/mol. The van der Waals surface area contributed by atoms with E-state index in [1.54, 1.807) is 13.8 Å². The number of carbonyl (C=O) groups is 2. The lowest BCUT2D eigenvalue weighted by atomic mass is 9.77. The van der Waals surface area contributed by atoms with Crippen molar-refractivity contribution in [2.24, 2.45) is 22.6 Å². The number of nitrogens with two attached hydrogens (primary N) is 1. The van der Waals surface area contributed by atoms with Gasteiger partial charge in [0.2, 0.25) is 5.91 Å². The summed E-state index contributed by atoms with van der Waals surface area (Å²) in [5, 5.41) is 29.7. The number of fused-ring (bicyclic) bond motifs is 1. The Hall–Kier alpha value is -1.97. The van der Waals surface area contributed by atoms with Crippen LogP contribution in [0, 0.1) is 11.8 Å². The molecule has 0 radical (unpaired) electrons. The molecule has 0 aromatic heterocycles. The Morgan fingerprint density at radius 1 is 1.42 bits per heavy atom. The van der Waals surface area contributed by atoms with Crippen molar-refractivity contribution < 1.29 is 24.9 Å². The van der Waals surface area contributed by atoms with Crippen LogP contribution in [0.25, 0.3) is 0 Å². The first-order chi connectivity index (χ1) is 12.1. The van der Waals surface area contributed by atoms with E-state index < -0.39 is 24.1 Å². The van der Waals surface area contributed by atoms with Crippen molar-refractivity contribution in [2.75, 3.05) is 19.6 Å². The monoisotopic (exact) mass is 366 g/mol. The number of carboxylic acids is 1. The van der Waals surface area contributed by atoms with Crippen LogP contribution in [0.4, 0.5) is 0 Å². The van der Waals surface area contributed by atoms with Gasteiger partial charge in [-0.2, -0.15) is 0 Å². The Morgan fingerprint density at radius 3 is 2.62 bits per heavy atom. The van der Waals surface area contributed by atoms with Crippen LogP contribution in [-0.2, 0) is 9.59 Å². The Morgan fingerprint density at radius 2 is 2.08 bits per heavy atom. The predicted octanol–water partition coefficient (Wildman–Crippen LogP) is -1.40. The largest absolute Gasteiger partial charge is 0.477 e. The number of amidine groups is 1. The van der Waals surface area contributed by atoms with Crippen molar-refractivity contribution in [3.8, 4) is 0 Å². The highest BCUT2D eigenvalue weighted by Gasteiger charge is 2.59. The van der Waals surface area contributed by atoms with Gasteiger partial charge in [-0.3, -0.25) is 14.7 Å². The zero-order chi connectivity index (χ0) is 19.3. The van der Waals surface area contributed by atoms with Gasteiger partial charge in [-0.15, -0.1) is 0 Å². The molecule has 3 aliphatic rings. The number of β-lactam (4-membered cyclic amide) rings is 1. The van der Waals surface area contributed by atoms with Crippen LogP contribution in [0.1, 0.15) is 20.8 Å². The summed E-state index contributed by atoms with van der Waals surface area (Å²) in [6.45, 7) is 6.27. The van der Waals surface area contributed by atoms with Crippen molar-refractivity contribution >= 4 is 17.7 Å². The molecule has 1 amide bonds. The molecule has 144 valence electrons. The summed E-state index contributed by atoms with van der Waals surface area (Å²) < 4.78 is 0. The highest BCUT2D eigenvalue weighted by molar-refractivity contribution is 6.00. The molecule has 3 aliphatic heterocycles. The third-order valence-corrected chi connectivity index (χ3v) is 5.62. The molecule has 0 bridgehead atoms. The maximum Gasteiger partial charge on any atom is 0.352 e. The van der Waals surface area contributed by atoms with Crippen molar-refractivity contribution in [2.45, 2.75) is 45.1 Å². The maximum absolute atomic E-state index is 12.3. The molecule has 3 rings (SSSR count). The minimum absolute atomic E-state index is 0.0147. The third kappa shape index (κ3) is 2.89. The van der Waals surface area contributed by atoms with Crippen LogP contribution in [-0.4, -0.2) is 86.8 Å². The van der Waals surface area contributed by atoms with Gasteiger partial charge >= 0.3 is 5.97 Å².